The Balaban J connectivity index is 2.66. The molecule has 1 aromatic rings. The number of carbonyl (C=O) groups excluding carboxylic acids is 2. The maximum atomic E-state index is 12.2. The van der Waals surface area contributed by atoms with E-state index < -0.39 is 5.54 Å². The molecule has 0 unspecified atom stereocenters. The summed E-state index contributed by atoms with van der Waals surface area (Å²) < 4.78 is 5.96. The van der Waals surface area contributed by atoms with Crippen molar-refractivity contribution in [1.29, 1.82) is 0 Å². The summed E-state index contributed by atoms with van der Waals surface area (Å²) in [4.78, 5) is 24.0. The Labute approximate surface area is 133 Å². The molecule has 3 N–H and O–H groups in total. The largest absolute Gasteiger partial charge is 0.496 e. The zero-order valence-electron chi connectivity index (χ0n) is 12.5. The highest BCUT2D eigenvalue weighted by atomic mass is 79.9. The quantitative estimate of drug-likeness (QED) is 0.734. The van der Waals surface area contributed by atoms with E-state index in [0.717, 1.165) is 4.47 Å². The molecule has 21 heavy (non-hydrogen) atoms. The van der Waals surface area contributed by atoms with Gasteiger partial charge in [0.15, 0.2) is 5.78 Å². The monoisotopic (exact) mass is 356 g/mol. The SMILES string of the molecule is COc1ccc(Br)cc1C(=O)CCC(=O)NC(C)(C)CN. The Morgan fingerprint density at radius 2 is 2.00 bits per heavy atom. The van der Waals surface area contributed by atoms with Crippen molar-refractivity contribution in [2.45, 2.75) is 32.2 Å². The number of carbonyl (C=O) groups is 2. The molecule has 0 aromatic heterocycles. The van der Waals surface area contributed by atoms with Crippen molar-refractivity contribution >= 4 is 27.6 Å². The van der Waals surface area contributed by atoms with Crippen molar-refractivity contribution < 1.29 is 14.3 Å². The molecule has 0 aliphatic heterocycles. The van der Waals surface area contributed by atoms with Crippen molar-refractivity contribution in [1.82, 2.24) is 5.32 Å². The fourth-order valence-electron chi connectivity index (χ4n) is 1.75. The molecular formula is C15H21BrN2O3. The summed E-state index contributed by atoms with van der Waals surface area (Å²) >= 11 is 3.32. The van der Waals surface area contributed by atoms with Gasteiger partial charge in [-0.3, -0.25) is 9.59 Å². The van der Waals surface area contributed by atoms with Crippen LogP contribution in [0.15, 0.2) is 22.7 Å². The van der Waals surface area contributed by atoms with Crippen LogP contribution in [0.4, 0.5) is 0 Å². The lowest BCUT2D eigenvalue weighted by atomic mass is 10.0. The summed E-state index contributed by atoms with van der Waals surface area (Å²) in [6.07, 6.45) is 0.247. The lowest BCUT2D eigenvalue weighted by Gasteiger charge is -2.24. The molecule has 0 atom stereocenters. The molecule has 0 aliphatic rings. The van der Waals surface area contributed by atoms with E-state index >= 15 is 0 Å². The molecule has 0 fully saturated rings. The van der Waals surface area contributed by atoms with Crippen molar-refractivity contribution in [3.63, 3.8) is 0 Å². The molecule has 0 saturated carbocycles. The Kier molecular flexibility index (Phi) is 6.36. The summed E-state index contributed by atoms with van der Waals surface area (Å²) in [7, 11) is 1.51. The Bertz CT molecular complexity index is 530. The van der Waals surface area contributed by atoms with E-state index in [1.807, 2.05) is 13.8 Å². The van der Waals surface area contributed by atoms with Crippen molar-refractivity contribution in [3.05, 3.63) is 28.2 Å². The number of hydrogen-bond acceptors (Lipinski definition) is 4. The number of rotatable bonds is 7. The van der Waals surface area contributed by atoms with Gasteiger partial charge in [0.1, 0.15) is 5.75 Å². The molecule has 6 heteroatoms. The molecule has 0 radical (unpaired) electrons. The second-order valence-corrected chi connectivity index (χ2v) is 6.32. The van der Waals surface area contributed by atoms with Gasteiger partial charge in [-0.2, -0.15) is 0 Å². The van der Waals surface area contributed by atoms with E-state index in [1.165, 1.54) is 7.11 Å². The van der Waals surface area contributed by atoms with Crippen LogP contribution in [0.3, 0.4) is 0 Å². The van der Waals surface area contributed by atoms with Gasteiger partial charge in [0.25, 0.3) is 0 Å². The number of ether oxygens (including phenoxy) is 1. The van der Waals surface area contributed by atoms with Crippen LogP contribution < -0.4 is 15.8 Å². The van der Waals surface area contributed by atoms with Gasteiger partial charge in [0.2, 0.25) is 5.91 Å². The number of halogens is 1. The molecule has 0 saturated heterocycles. The van der Waals surface area contributed by atoms with Gasteiger partial charge in [-0.05, 0) is 32.0 Å². The van der Waals surface area contributed by atoms with Crippen molar-refractivity contribution in [2.75, 3.05) is 13.7 Å². The van der Waals surface area contributed by atoms with E-state index in [-0.39, 0.29) is 24.5 Å². The van der Waals surface area contributed by atoms with Crippen molar-refractivity contribution in [3.8, 4) is 5.75 Å². The van der Waals surface area contributed by atoms with Gasteiger partial charge in [0, 0.05) is 29.4 Å². The van der Waals surface area contributed by atoms with Crippen LogP contribution in [0.5, 0.6) is 5.75 Å². The maximum Gasteiger partial charge on any atom is 0.220 e. The summed E-state index contributed by atoms with van der Waals surface area (Å²) in [6.45, 7) is 4.01. The van der Waals surface area contributed by atoms with Crippen LogP contribution >= 0.6 is 15.9 Å². The fourth-order valence-corrected chi connectivity index (χ4v) is 2.11. The summed E-state index contributed by atoms with van der Waals surface area (Å²) in [6, 6.07) is 5.21. The number of hydrogen-bond donors (Lipinski definition) is 2. The van der Waals surface area contributed by atoms with Crippen LogP contribution in [-0.2, 0) is 4.79 Å². The first-order chi connectivity index (χ1) is 9.79. The third kappa shape index (κ3) is 5.47. The highest BCUT2D eigenvalue weighted by molar-refractivity contribution is 9.10. The number of amides is 1. The van der Waals surface area contributed by atoms with Crippen LogP contribution in [-0.4, -0.2) is 30.9 Å². The minimum absolute atomic E-state index is 0.123. The molecule has 116 valence electrons. The minimum atomic E-state index is -0.465. The molecule has 1 aromatic carbocycles. The first-order valence-electron chi connectivity index (χ1n) is 6.67. The van der Waals surface area contributed by atoms with Crippen LogP contribution in [0.2, 0.25) is 0 Å². The summed E-state index contributed by atoms with van der Waals surface area (Å²) in [5, 5.41) is 2.80. The van der Waals surface area contributed by atoms with Gasteiger partial charge in [-0.1, -0.05) is 15.9 Å². The Morgan fingerprint density at radius 3 is 2.57 bits per heavy atom. The lowest BCUT2D eigenvalue weighted by molar-refractivity contribution is -0.122. The van der Waals surface area contributed by atoms with Crippen molar-refractivity contribution in [2.24, 2.45) is 5.73 Å². The lowest BCUT2D eigenvalue weighted by Crippen LogP contribution is -2.48. The van der Waals surface area contributed by atoms with Gasteiger partial charge in [0.05, 0.1) is 12.7 Å². The van der Waals surface area contributed by atoms with E-state index in [9.17, 15) is 9.59 Å². The number of nitrogens with one attached hydrogen (secondary N) is 1. The Morgan fingerprint density at radius 1 is 1.33 bits per heavy atom. The minimum Gasteiger partial charge on any atom is -0.496 e. The predicted octanol–water partition coefficient (Wildman–Crippen LogP) is 2.27. The number of benzene rings is 1. The van der Waals surface area contributed by atoms with E-state index in [1.54, 1.807) is 18.2 Å². The highest BCUT2D eigenvalue weighted by Gasteiger charge is 2.20. The molecule has 0 heterocycles. The summed E-state index contributed by atoms with van der Waals surface area (Å²) in [5.41, 5.74) is 5.56. The predicted molar refractivity (Wildman–Crippen MR) is 85.5 cm³/mol. The van der Waals surface area contributed by atoms with Gasteiger partial charge in [-0.25, -0.2) is 0 Å². The van der Waals surface area contributed by atoms with Gasteiger partial charge in [-0.15, -0.1) is 0 Å². The van der Waals surface area contributed by atoms with E-state index in [4.69, 9.17) is 10.5 Å². The normalized spacial score (nSPS) is 11.1. The average Bonchev–Trinajstić information content (AvgIpc) is 2.44. The van der Waals surface area contributed by atoms with Gasteiger partial charge >= 0.3 is 0 Å². The van der Waals surface area contributed by atoms with Crippen LogP contribution in [0.1, 0.15) is 37.0 Å². The number of nitrogens with two attached hydrogens (primary N) is 1. The smallest absolute Gasteiger partial charge is 0.220 e. The zero-order chi connectivity index (χ0) is 16.0. The first kappa shape index (κ1) is 17.7. The summed E-state index contributed by atoms with van der Waals surface area (Å²) in [5.74, 6) is 0.188. The standard InChI is InChI=1S/C15H21BrN2O3/c1-15(2,9-17)18-14(20)7-5-12(19)11-8-10(16)4-6-13(11)21-3/h4,6,8H,5,7,9,17H2,1-3H3,(H,18,20). The molecule has 1 amide bonds. The first-order valence-corrected chi connectivity index (χ1v) is 7.46. The fraction of sp³-hybridized carbons (Fsp3) is 0.467. The number of methoxy groups -OCH3 is 1. The third-order valence-corrected chi connectivity index (χ3v) is 3.52. The topological polar surface area (TPSA) is 81.4 Å². The Hall–Kier alpha value is -1.40. The zero-order valence-corrected chi connectivity index (χ0v) is 14.1. The molecule has 0 aliphatic carbocycles. The second-order valence-electron chi connectivity index (χ2n) is 5.40. The molecular weight excluding hydrogens is 336 g/mol. The molecule has 0 spiro atoms. The molecule has 1 rings (SSSR count). The van der Waals surface area contributed by atoms with Crippen LogP contribution in [0, 0.1) is 0 Å². The average molecular weight is 357 g/mol. The highest BCUT2D eigenvalue weighted by Crippen LogP contribution is 2.24. The third-order valence-electron chi connectivity index (χ3n) is 3.03. The molecule has 0 bridgehead atoms. The van der Waals surface area contributed by atoms with Gasteiger partial charge < -0.3 is 15.8 Å². The number of Topliss-reactive ketones (excluding diaryl/α,β-unsaturated/α-hetero) is 1. The maximum absolute atomic E-state index is 12.2. The van der Waals surface area contributed by atoms with E-state index in [0.29, 0.717) is 17.9 Å². The van der Waals surface area contributed by atoms with E-state index in [2.05, 4.69) is 21.2 Å². The van der Waals surface area contributed by atoms with Crippen LogP contribution in [0.25, 0.3) is 0 Å². The second kappa shape index (κ2) is 7.56. The number of ketones is 1. The molecule has 5 nitrogen and oxygen atoms in total.